The molecule has 104 valence electrons. The molecule has 0 radical (unpaired) electrons. The summed E-state index contributed by atoms with van der Waals surface area (Å²) < 4.78 is 14.0. The molecule has 1 atom stereocenters. The Morgan fingerprint density at radius 3 is 2.89 bits per heavy atom. The molecule has 3 nitrogen and oxygen atoms in total. The standard InChI is InChI=1S/C14H18BrFN2O/c15-11-7-10(8-12(16)9-11)14(19)18-6-2-1-3-13(18)4-5-17/h7-9,13H,1-6,17H2. The van der Waals surface area contributed by atoms with Crippen LogP contribution in [0.2, 0.25) is 0 Å². The Hall–Kier alpha value is -0.940. The highest BCUT2D eigenvalue weighted by atomic mass is 79.9. The van der Waals surface area contributed by atoms with Crippen molar-refractivity contribution in [3.05, 3.63) is 34.1 Å². The molecule has 1 heterocycles. The third-order valence-corrected chi connectivity index (χ3v) is 3.96. The third kappa shape index (κ3) is 3.54. The Bertz CT molecular complexity index is 445. The van der Waals surface area contributed by atoms with E-state index in [1.54, 1.807) is 6.07 Å². The lowest BCUT2D eigenvalue weighted by atomic mass is 9.98. The maximum absolute atomic E-state index is 13.4. The van der Waals surface area contributed by atoms with Gasteiger partial charge in [-0.2, -0.15) is 0 Å². The number of amides is 1. The lowest BCUT2D eigenvalue weighted by molar-refractivity contribution is 0.0604. The van der Waals surface area contributed by atoms with Crippen LogP contribution in [0.4, 0.5) is 4.39 Å². The molecule has 19 heavy (non-hydrogen) atoms. The van der Waals surface area contributed by atoms with Crippen LogP contribution in [0, 0.1) is 5.82 Å². The van der Waals surface area contributed by atoms with Crippen molar-refractivity contribution in [2.24, 2.45) is 5.73 Å². The molecule has 0 aliphatic carbocycles. The summed E-state index contributed by atoms with van der Waals surface area (Å²) in [6, 6.07) is 4.50. The first-order chi connectivity index (χ1) is 9.11. The maximum Gasteiger partial charge on any atom is 0.254 e. The Morgan fingerprint density at radius 1 is 1.42 bits per heavy atom. The highest BCUT2D eigenvalue weighted by molar-refractivity contribution is 9.10. The van der Waals surface area contributed by atoms with E-state index in [1.165, 1.54) is 12.1 Å². The monoisotopic (exact) mass is 328 g/mol. The summed E-state index contributed by atoms with van der Waals surface area (Å²) in [5.74, 6) is -0.497. The van der Waals surface area contributed by atoms with Crippen molar-refractivity contribution in [1.29, 1.82) is 0 Å². The van der Waals surface area contributed by atoms with Crippen LogP contribution < -0.4 is 5.73 Å². The maximum atomic E-state index is 13.4. The number of piperidine rings is 1. The summed E-state index contributed by atoms with van der Waals surface area (Å²) in [6.45, 7) is 1.30. The van der Waals surface area contributed by atoms with Gasteiger partial charge in [0.15, 0.2) is 0 Å². The fourth-order valence-corrected chi connectivity index (χ4v) is 3.07. The van der Waals surface area contributed by atoms with Gasteiger partial charge in [0, 0.05) is 22.6 Å². The number of rotatable bonds is 3. The number of likely N-dealkylation sites (tertiary alicyclic amines) is 1. The summed E-state index contributed by atoms with van der Waals surface area (Å²) in [6.07, 6.45) is 3.92. The Labute approximate surface area is 121 Å². The molecule has 1 amide bonds. The zero-order valence-electron chi connectivity index (χ0n) is 10.7. The van der Waals surface area contributed by atoms with Crippen molar-refractivity contribution >= 4 is 21.8 Å². The van der Waals surface area contributed by atoms with Gasteiger partial charge in [-0.25, -0.2) is 4.39 Å². The Balaban J connectivity index is 2.20. The largest absolute Gasteiger partial charge is 0.336 e. The molecule has 1 aliphatic heterocycles. The van der Waals surface area contributed by atoms with Gasteiger partial charge in [0.25, 0.3) is 5.91 Å². The van der Waals surface area contributed by atoms with Gasteiger partial charge < -0.3 is 10.6 Å². The summed E-state index contributed by atoms with van der Waals surface area (Å²) >= 11 is 3.22. The molecule has 1 aromatic carbocycles. The summed E-state index contributed by atoms with van der Waals surface area (Å²) in [7, 11) is 0. The number of carbonyl (C=O) groups excluding carboxylic acids is 1. The first-order valence-electron chi connectivity index (χ1n) is 6.59. The average molecular weight is 329 g/mol. The van der Waals surface area contributed by atoms with Crippen LogP contribution in [0.15, 0.2) is 22.7 Å². The second-order valence-electron chi connectivity index (χ2n) is 4.88. The van der Waals surface area contributed by atoms with Crippen LogP contribution in [0.5, 0.6) is 0 Å². The van der Waals surface area contributed by atoms with Crippen molar-refractivity contribution in [1.82, 2.24) is 4.90 Å². The quantitative estimate of drug-likeness (QED) is 0.927. The van der Waals surface area contributed by atoms with Crippen molar-refractivity contribution in [3.63, 3.8) is 0 Å². The molecule has 1 aliphatic rings. The van der Waals surface area contributed by atoms with Crippen molar-refractivity contribution in [3.8, 4) is 0 Å². The number of halogens is 2. The van der Waals surface area contributed by atoms with Crippen LogP contribution in [-0.2, 0) is 0 Å². The van der Waals surface area contributed by atoms with Gasteiger partial charge in [0.05, 0.1) is 0 Å². The topological polar surface area (TPSA) is 46.3 Å². The van der Waals surface area contributed by atoms with Gasteiger partial charge in [-0.05, 0) is 50.4 Å². The molecule has 2 N–H and O–H groups in total. The molecule has 5 heteroatoms. The van der Waals surface area contributed by atoms with E-state index in [0.717, 1.165) is 32.2 Å². The minimum absolute atomic E-state index is 0.0987. The molecular weight excluding hydrogens is 311 g/mol. The van der Waals surface area contributed by atoms with Crippen LogP contribution >= 0.6 is 15.9 Å². The second-order valence-corrected chi connectivity index (χ2v) is 5.80. The fourth-order valence-electron chi connectivity index (χ4n) is 2.60. The lowest BCUT2D eigenvalue weighted by Gasteiger charge is -2.35. The minimum Gasteiger partial charge on any atom is -0.336 e. The Morgan fingerprint density at radius 2 is 2.21 bits per heavy atom. The zero-order chi connectivity index (χ0) is 13.8. The highest BCUT2D eigenvalue weighted by Gasteiger charge is 2.27. The van der Waals surface area contributed by atoms with Crippen molar-refractivity contribution < 1.29 is 9.18 Å². The molecule has 0 saturated carbocycles. The molecule has 1 fully saturated rings. The van der Waals surface area contributed by atoms with Crippen LogP contribution in [-0.4, -0.2) is 29.9 Å². The molecule has 0 aromatic heterocycles. The Kier molecular flexibility index (Phi) is 4.93. The molecule has 1 aromatic rings. The van der Waals surface area contributed by atoms with E-state index < -0.39 is 5.82 Å². The van der Waals surface area contributed by atoms with E-state index in [0.29, 0.717) is 16.6 Å². The number of carbonyl (C=O) groups is 1. The number of hydrogen-bond acceptors (Lipinski definition) is 2. The van der Waals surface area contributed by atoms with Crippen molar-refractivity contribution in [2.45, 2.75) is 31.7 Å². The van der Waals surface area contributed by atoms with Crippen LogP contribution in [0.25, 0.3) is 0 Å². The molecule has 1 unspecified atom stereocenters. The van der Waals surface area contributed by atoms with E-state index in [9.17, 15) is 9.18 Å². The van der Waals surface area contributed by atoms with Crippen LogP contribution in [0.3, 0.4) is 0 Å². The molecule has 0 spiro atoms. The molecule has 0 bridgehead atoms. The number of hydrogen-bond donors (Lipinski definition) is 1. The van der Waals surface area contributed by atoms with E-state index in [-0.39, 0.29) is 11.9 Å². The second kappa shape index (κ2) is 6.48. The highest BCUT2D eigenvalue weighted by Crippen LogP contribution is 2.23. The van der Waals surface area contributed by atoms with Crippen LogP contribution in [0.1, 0.15) is 36.0 Å². The third-order valence-electron chi connectivity index (χ3n) is 3.50. The number of nitrogens with two attached hydrogens (primary N) is 1. The van der Waals surface area contributed by atoms with E-state index in [4.69, 9.17) is 5.73 Å². The van der Waals surface area contributed by atoms with Gasteiger partial charge >= 0.3 is 0 Å². The van der Waals surface area contributed by atoms with Gasteiger partial charge in [0.1, 0.15) is 5.82 Å². The first-order valence-corrected chi connectivity index (χ1v) is 7.38. The van der Waals surface area contributed by atoms with Gasteiger partial charge in [0.2, 0.25) is 0 Å². The predicted molar refractivity (Wildman–Crippen MR) is 76.4 cm³/mol. The summed E-state index contributed by atoms with van der Waals surface area (Å²) in [4.78, 5) is 14.3. The predicted octanol–water partition coefficient (Wildman–Crippen LogP) is 2.93. The smallest absolute Gasteiger partial charge is 0.254 e. The van der Waals surface area contributed by atoms with E-state index >= 15 is 0 Å². The van der Waals surface area contributed by atoms with Gasteiger partial charge in [-0.1, -0.05) is 15.9 Å². The zero-order valence-corrected chi connectivity index (χ0v) is 12.3. The van der Waals surface area contributed by atoms with E-state index in [2.05, 4.69) is 15.9 Å². The fraction of sp³-hybridized carbons (Fsp3) is 0.500. The molecular formula is C14H18BrFN2O. The molecule has 1 saturated heterocycles. The summed E-state index contributed by atoms with van der Waals surface area (Å²) in [5.41, 5.74) is 6.00. The van der Waals surface area contributed by atoms with E-state index in [1.807, 2.05) is 4.90 Å². The normalized spacial score (nSPS) is 19.5. The van der Waals surface area contributed by atoms with Gasteiger partial charge in [-0.15, -0.1) is 0 Å². The summed E-state index contributed by atoms with van der Waals surface area (Å²) in [5, 5.41) is 0. The van der Waals surface area contributed by atoms with Crippen molar-refractivity contribution in [2.75, 3.05) is 13.1 Å². The average Bonchev–Trinajstić information content (AvgIpc) is 2.38. The SMILES string of the molecule is NCCC1CCCCN1C(=O)c1cc(F)cc(Br)c1. The lowest BCUT2D eigenvalue weighted by Crippen LogP contribution is -2.44. The van der Waals surface area contributed by atoms with Gasteiger partial charge in [-0.3, -0.25) is 4.79 Å². The first kappa shape index (κ1) is 14.5. The molecule has 2 rings (SSSR count). The number of nitrogens with zero attached hydrogens (tertiary/aromatic N) is 1. The number of benzene rings is 1. The minimum atomic E-state index is -0.398.